The number of aryl methyl sites for hydroxylation is 2. The number of carbonyl (C=O) groups excluding carboxylic acids is 1. The van der Waals surface area contributed by atoms with Crippen molar-refractivity contribution in [1.29, 1.82) is 0 Å². The molecule has 4 aliphatic carbocycles. The van der Waals surface area contributed by atoms with Gasteiger partial charge in [-0.2, -0.15) is 0 Å². The van der Waals surface area contributed by atoms with Crippen molar-refractivity contribution in [3.63, 3.8) is 0 Å². The van der Waals surface area contributed by atoms with E-state index in [1.165, 1.54) is 32.1 Å². The number of hydrogen-bond donors (Lipinski definition) is 4. The summed E-state index contributed by atoms with van der Waals surface area (Å²) in [6.45, 7) is 12.3. The molecule has 5 fully saturated rings. The molecule has 46 heavy (non-hydrogen) atoms. The van der Waals surface area contributed by atoms with E-state index in [1.54, 1.807) is 0 Å². The van der Waals surface area contributed by atoms with Gasteiger partial charge in [0.05, 0.1) is 0 Å². The number of benzene rings is 1. The number of fused-ring (bicyclic) bond motifs is 1. The first kappa shape index (κ1) is 31.6. The van der Waals surface area contributed by atoms with Gasteiger partial charge < -0.3 is 24.9 Å². The number of pyridine rings is 1. The fourth-order valence-electron chi connectivity index (χ4n) is 10.5. The van der Waals surface area contributed by atoms with Crippen LogP contribution in [0, 0.1) is 49.9 Å². The number of nitrogens with one attached hydrogen (secondary N) is 3. The van der Waals surface area contributed by atoms with Gasteiger partial charge in [0.15, 0.2) is 0 Å². The van der Waals surface area contributed by atoms with Crippen LogP contribution in [0.3, 0.4) is 0 Å². The van der Waals surface area contributed by atoms with Crippen LogP contribution < -0.4 is 16.2 Å². The third-order valence-corrected chi connectivity index (χ3v) is 12.6. The lowest BCUT2D eigenvalue weighted by Crippen LogP contribution is -2.41. The molecule has 0 radical (unpaired) electrons. The van der Waals surface area contributed by atoms with Crippen molar-refractivity contribution < 1.29 is 9.90 Å². The summed E-state index contributed by atoms with van der Waals surface area (Å²) < 4.78 is 2.42. The van der Waals surface area contributed by atoms with Crippen LogP contribution in [0.4, 0.5) is 0 Å². The number of piperidine rings is 1. The van der Waals surface area contributed by atoms with Crippen LogP contribution in [0.5, 0.6) is 0 Å². The number of likely N-dealkylation sites (tertiary alicyclic amines) is 1. The number of rotatable bonds is 11. The van der Waals surface area contributed by atoms with Crippen molar-refractivity contribution in [2.75, 3.05) is 26.2 Å². The van der Waals surface area contributed by atoms with Gasteiger partial charge in [-0.3, -0.25) is 14.9 Å². The number of aliphatic hydroxyl groups excluding tert-OH is 1. The summed E-state index contributed by atoms with van der Waals surface area (Å²) in [6.07, 6.45) is 8.86. The zero-order valence-electron chi connectivity index (χ0n) is 28.2. The molecule has 4 bridgehead atoms. The van der Waals surface area contributed by atoms with Crippen molar-refractivity contribution in [1.82, 2.24) is 25.1 Å². The predicted octanol–water partition coefficient (Wildman–Crippen LogP) is 5.64. The van der Waals surface area contributed by atoms with Gasteiger partial charge in [0.25, 0.3) is 5.56 Å². The van der Waals surface area contributed by atoms with Crippen molar-refractivity contribution in [3.8, 4) is 0 Å². The minimum atomic E-state index is -0.894. The highest BCUT2D eigenvalue weighted by Gasteiger charge is 2.57. The van der Waals surface area contributed by atoms with E-state index in [-0.39, 0.29) is 17.5 Å². The standard InChI is InChI=1S/C38H53N5O3/c1-23-15-24(2)41-36(45)32(23)22-40-37(46)35-26(4)43(33-8-6-5-7-31(33)35)25(3)29-9-12-42(13-10-29)14-11-39-34(44)21-38-19-27-16-28(20-38)18-30(38)17-27/h5-8,15,25,27-30,37,40,46H,9-14,16-22H2,1-4H3,(H,39,44)(H,41,45)/t25-,27?,28?,30?,37?,38?/m0/s1. The maximum Gasteiger partial charge on any atom is 0.252 e. The number of H-pyrrole nitrogens is 1. The Bertz CT molecular complexity index is 1640. The second-order valence-electron chi connectivity index (χ2n) is 15.5. The first-order chi connectivity index (χ1) is 22.1. The van der Waals surface area contributed by atoms with Crippen LogP contribution in [0.15, 0.2) is 35.1 Å². The summed E-state index contributed by atoms with van der Waals surface area (Å²) in [4.78, 5) is 30.9. The highest BCUT2D eigenvalue weighted by molar-refractivity contribution is 5.86. The van der Waals surface area contributed by atoms with E-state index in [2.05, 4.69) is 57.1 Å². The maximum absolute atomic E-state index is 13.0. The Hall–Kier alpha value is -2.94. The summed E-state index contributed by atoms with van der Waals surface area (Å²) in [5.74, 6) is 3.42. The average Bonchev–Trinajstić information content (AvgIpc) is 3.54. The fraction of sp³-hybridized carbons (Fsp3) is 0.632. The molecule has 3 aromatic rings. The van der Waals surface area contributed by atoms with E-state index in [0.717, 1.165) is 96.6 Å². The zero-order chi connectivity index (χ0) is 32.2. The molecule has 1 saturated heterocycles. The van der Waals surface area contributed by atoms with E-state index in [1.807, 2.05) is 26.0 Å². The van der Waals surface area contributed by atoms with Gasteiger partial charge in [0.2, 0.25) is 5.91 Å². The number of aliphatic hydroxyl groups is 1. The van der Waals surface area contributed by atoms with Gasteiger partial charge in [-0.05, 0) is 133 Å². The molecule has 4 atom stereocenters. The van der Waals surface area contributed by atoms with Gasteiger partial charge in [-0.15, -0.1) is 0 Å². The lowest BCUT2D eigenvalue weighted by Gasteiger charge is -2.36. The third kappa shape index (κ3) is 5.86. The zero-order valence-corrected chi connectivity index (χ0v) is 28.2. The number of para-hydroxylation sites is 1. The number of amides is 1. The van der Waals surface area contributed by atoms with E-state index in [4.69, 9.17) is 0 Å². The molecule has 1 amide bonds. The normalized spacial score (nSPS) is 27.5. The number of aromatic amines is 1. The van der Waals surface area contributed by atoms with Crippen LogP contribution in [0.1, 0.15) is 98.6 Å². The molecule has 8 rings (SSSR count). The minimum absolute atomic E-state index is 0.110. The minimum Gasteiger partial charge on any atom is -0.374 e. The molecule has 3 heterocycles. The van der Waals surface area contributed by atoms with Crippen LogP contribution in [-0.2, 0) is 11.3 Å². The smallest absolute Gasteiger partial charge is 0.252 e. The summed E-state index contributed by atoms with van der Waals surface area (Å²) >= 11 is 0. The van der Waals surface area contributed by atoms with E-state index in [0.29, 0.717) is 23.4 Å². The van der Waals surface area contributed by atoms with Crippen LogP contribution in [0.2, 0.25) is 0 Å². The van der Waals surface area contributed by atoms with Crippen LogP contribution in [-0.4, -0.2) is 51.6 Å². The molecular weight excluding hydrogens is 574 g/mol. The SMILES string of the molecule is Cc1cc(C)c(CNC(O)c2c(C)n([C@@H](C)C3CCN(CCNC(=O)CC45CC6CC(CC4C6)C5)CC3)c3ccccc23)c(=O)[nH]1. The Morgan fingerprint density at radius 2 is 1.80 bits per heavy atom. The van der Waals surface area contributed by atoms with Gasteiger partial charge >= 0.3 is 0 Å². The molecule has 1 aliphatic heterocycles. The summed E-state index contributed by atoms with van der Waals surface area (Å²) in [5, 5.41) is 19.0. The van der Waals surface area contributed by atoms with E-state index in [9.17, 15) is 14.7 Å². The monoisotopic (exact) mass is 627 g/mol. The number of aromatic nitrogens is 2. The third-order valence-electron chi connectivity index (χ3n) is 12.6. The van der Waals surface area contributed by atoms with Gasteiger partial charge in [-0.1, -0.05) is 18.2 Å². The quantitative estimate of drug-likeness (QED) is 0.206. The van der Waals surface area contributed by atoms with Gasteiger partial charge in [0.1, 0.15) is 6.23 Å². The lowest BCUT2D eigenvalue weighted by atomic mass is 9.73. The Labute approximate surface area is 273 Å². The van der Waals surface area contributed by atoms with Crippen LogP contribution in [0.25, 0.3) is 10.9 Å². The largest absolute Gasteiger partial charge is 0.374 e. The highest BCUT2D eigenvalue weighted by atomic mass is 16.3. The first-order valence-electron chi connectivity index (χ1n) is 17.8. The highest BCUT2D eigenvalue weighted by Crippen LogP contribution is 2.66. The van der Waals surface area contributed by atoms with Crippen molar-refractivity contribution in [2.24, 2.45) is 29.1 Å². The molecule has 2 aromatic heterocycles. The second-order valence-corrected chi connectivity index (χ2v) is 15.5. The summed E-state index contributed by atoms with van der Waals surface area (Å²) in [6, 6.07) is 10.6. The maximum atomic E-state index is 13.0. The topological polar surface area (TPSA) is 102 Å². The Balaban J connectivity index is 0.946. The number of nitrogens with zero attached hydrogens (tertiary/aromatic N) is 2. The molecule has 4 N–H and O–H groups in total. The fourth-order valence-corrected chi connectivity index (χ4v) is 10.5. The second kappa shape index (κ2) is 12.6. The lowest BCUT2D eigenvalue weighted by molar-refractivity contribution is -0.124. The molecule has 3 unspecified atom stereocenters. The van der Waals surface area contributed by atoms with Crippen LogP contribution >= 0.6 is 0 Å². The number of hydrogen-bond acceptors (Lipinski definition) is 5. The van der Waals surface area contributed by atoms with Crippen molar-refractivity contribution >= 4 is 16.8 Å². The molecule has 5 aliphatic rings. The molecule has 8 heteroatoms. The number of carbonyl (C=O) groups is 1. The van der Waals surface area contributed by atoms with E-state index >= 15 is 0 Å². The molecule has 1 aromatic carbocycles. The van der Waals surface area contributed by atoms with Gasteiger partial charge in [-0.25, -0.2) is 0 Å². The van der Waals surface area contributed by atoms with Crippen molar-refractivity contribution in [3.05, 3.63) is 68.8 Å². The molecule has 8 nitrogen and oxygen atoms in total. The predicted molar refractivity (Wildman–Crippen MR) is 183 cm³/mol. The van der Waals surface area contributed by atoms with Gasteiger partial charge in [0, 0.05) is 65.5 Å². The Morgan fingerprint density at radius 1 is 1.09 bits per heavy atom. The van der Waals surface area contributed by atoms with E-state index < -0.39 is 6.23 Å². The molecule has 248 valence electrons. The Morgan fingerprint density at radius 3 is 2.52 bits per heavy atom. The molecular formula is C38H53N5O3. The summed E-state index contributed by atoms with van der Waals surface area (Å²) in [5.41, 5.74) is 5.72. The average molecular weight is 628 g/mol. The Kier molecular flexibility index (Phi) is 8.66. The molecule has 0 spiro atoms. The van der Waals surface area contributed by atoms with Crippen molar-refractivity contribution in [2.45, 2.75) is 97.9 Å². The first-order valence-corrected chi connectivity index (χ1v) is 17.8. The summed E-state index contributed by atoms with van der Waals surface area (Å²) in [7, 11) is 0. The molecule has 4 saturated carbocycles.